The molecule has 0 aromatic carbocycles. The molecule has 0 aliphatic heterocycles. The van der Waals surface area contributed by atoms with Gasteiger partial charge in [0, 0.05) is 0 Å². The van der Waals surface area contributed by atoms with Gasteiger partial charge in [-0.05, 0) is 18.9 Å². The number of aromatic nitrogens is 1. The number of nitrogens with one attached hydrogen (secondary N) is 1. The quantitative estimate of drug-likeness (QED) is 0.784. The first kappa shape index (κ1) is 11.3. The van der Waals surface area contributed by atoms with Crippen molar-refractivity contribution in [2.75, 3.05) is 6.61 Å². The summed E-state index contributed by atoms with van der Waals surface area (Å²) >= 11 is 5.68. The molecule has 0 radical (unpaired) electrons. The molecule has 0 saturated heterocycles. The summed E-state index contributed by atoms with van der Waals surface area (Å²) in [5.41, 5.74) is -0.561. The average molecular weight is 245 g/mol. The van der Waals surface area contributed by atoms with Crippen molar-refractivity contribution in [3.8, 4) is 0 Å². The Hall–Kier alpha value is -1.20. The summed E-state index contributed by atoms with van der Waals surface area (Å²) in [6.45, 7) is -0.126. The van der Waals surface area contributed by atoms with Crippen molar-refractivity contribution in [3.05, 3.63) is 28.8 Å². The zero-order chi connectivity index (χ0) is 11.8. The van der Waals surface area contributed by atoms with E-state index >= 15 is 0 Å². The smallest absolute Gasteiger partial charge is 0.255 e. The van der Waals surface area contributed by atoms with Gasteiger partial charge in [-0.2, -0.15) is 0 Å². The second-order valence-corrected chi connectivity index (χ2v) is 4.24. The molecule has 0 unspecified atom stereocenters. The third-order valence-corrected chi connectivity index (χ3v) is 2.89. The molecule has 1 fully saturated rings. The van der Waals surface area contributed by atoms with Gasteiger partial charge < -0.3 is 10.4 Å². The third kappa shape index (κ3) is 2.15. The van der Waals surface area contributed by atoms with Gasteiger partial charge in [0.15, 0.2) is 0 Å². The number of aliphatic hydroxyl groups excluding tert-OH is 1. The molecule has 0 bridgehead atoms. The van der Waals surface area contributed by atoms with E-state index in [9.17, 15) is 9.18 Å². The van der Waals surface area contributed by atoms with Crippen LogP contribution in [0.3, 0.4) is 0 Å². The molecule has 1 heterocycles. The average Bonchev–Trinajstić information content (AvgIpc) is 3.02. The number of halogens is 2. The minimum atomic E-state index is -0.622. The Bertz CT molecular complexity index is 435. The van der Waals surface area contributed by atoms with Crippen molar-refractivity contribution in [2.45, 2.75) is 18.4 Å². The van der Waals surface area contributed by atoms with Crippen LogP contribution in [0, 0.1) is 5.82 Å². The van der Waals surface area contributed by atoms with Gasteiger partial charge in [0.25, 0.3) is 5.91 Å². The minimum absolute atomic E-state index is 0.0126. The fraction of sp³-hybridized carbons (Fsp3) is 0.400. The Morgan fingerprint density at radius 3 is 2.94 bits per heavy atom. The number of pyridine rings is 1. The van der Waals surface area contributed by atoms with Crippen LogP contribution in [0.5, 0.6) is 0 Å². The molecule has 1 aliphatic carbocycles. The molecule has 4 nitrogen and oxygen atoms in total. The molecule has 1 saturated carbocycles. The monoisotopic (exact) mass is 244 g/mol. The number of carbonyl (C=O) groups excluding carboxylic acids is 1. The number of amides is 1. The number of rotatable bonds is 3. The number of nitrogens with zero attached hydrogens (tertiary/aromatic N) is 1. The molecule has 1 aliphatic rings. The number of carbonyl (C=O) groups is 1. The zero-order valence-electron chi connectivity index (χ0n) is 8.33. The molecule has 0 atom stereocenters. The lowest BCUT2D eigenvalue weighted by Gasteiger charge is -2.14. The van der Waals surface area contributed by atoms with Crippen molar-refractivity contribution in [1.29, 1.82) is 0 Å². The molecular formula is C10H10ClFN2O2. The van der Waals surface area contributed by atoms with E-state index < -0.39 is 17.3 Å². The van der Waals surface area contributed by atoms with E-state index in [1.54, 1.807) is 0 Å². The summed E-state index contributed by atoms with van der Waals surface area (Å²) in [6, 6.07) is 1.03. The SMILES string of the molecule is O=C(NC1(CO)CC1)c1cc(F)cnc1Cl. The molecule has 1 aromatic rings. The molecule has 2 rings (SSSR count). The van der Waals surface area contributed by atoms with E-state index in [2.05, 4.69) is 10.3 Å². The van der Waals surface area contributed by atoms with Crippen LogP contribution in [0.2, 0.25) is 5.15 Å². The summed E-state index contributed by atoms with van der Waals surface area (Å²) in [5.74, 6) is -1.13. The van der Waals surface area contributed by atoms with E-state index in [1.807, 2.05) is 0 Å². The van der Waals surface area contributed by atoms with E-state index in [-0.39, 0.29) is 17.3 Å². The van der Waals surface area contributed by atoms with Gasteiger partial charge in [0.05, 0.1) is 23.9 Å². The summed E-state index contributed by atoms with van der Waals surface area (Å²) in [6.07, 6.45) is 2.38. The Kier molecular flexibility index (Phi) is 2.82. The molecule has 16 heavy (non-hydrogen) atoms. The third-order valence-electron chi connectivity index (χ3n) is 2.59. The van der Waals surface area contributed by atoms with Gasteiger partial charge in [-0.1, -0.05) is 11.6 Å². The van der Waals surface area contributed by atoms with Crippen molar-refractivity contribution in [3.63, 3.8) is 0 Å². The van der Waals surface area contributed by atoms with Crippen molar-refractivity contribution in [1.82, 2.24) is 10.3 Å². The first-order chi connectivity index (χ1) is 7.56. The second-order valence-electron chi connectivity index (χ2n) is 3.88. The van der Waals surface area contributed by atoms with E-state index in [0.29, 0.717) is 0 Å². The Morgan fingerprint density at radius 1 is 1.69 bits per heavy atom. The molecule has 1 amide bonds. The molecule has 86 valence electrons. The minimum Gasteiger partial charge on any atom is -0.394 e. The van der Waals surface area contributed by atoms with Crippen LogP contribution in [0.15, 0.2) is 12.3 Å². The van der Waals surface area contributed by atoms with E-state index in [1.165, 1.54) is 0 Å². The van der Waals surface area contributed by atoms with Gasteiger partial charge in [-0.15, -0.1) is 0 Å². The van der Waals surface area contributed by atoms with Crippen LogP contribution >= 0.6 is 11.6 Å². The largest absolute Gasteiger partial charge is 0.394 e. The normalized spacial score (nSPS) is 16.9. The van der Waals surface area contributed by atoms with Gasteiger partial charge in [-0.25, -0.2) is 9.37 Å². The predicted molar refractivity (Wildman–Crippen MR) is 55.7 cm³/mol. The highest BCUT2D eigenvalue weighted by molar-refractivity contribution is 6.32. The standard InChI is InChI=1S/C10H10ClFN2O2/c11-8-7(3-6(12)4-13-8)9(16)14-10(5-15)1-2-10/h3-4,15H,1-2,5H2,(H,14,16). The molecular weight excluding hydrogens is 235 g/mol. The van der Waals surface area contributed by atoms with Gasteiger partial charge in [-0.3, -0.25) is 4.79 Å². The van der Waals surface area contributed by atoms with Gasteiger partial charge in [0.2, 0.25) is 0 Å². The topological polar surface area (TPSA) is 62.2 Å². The first-order valence-electron chi connectivity index (χ1n) is 4.81. The Labute approximate surface area is 96.4 Å². The van der Waals surface area contributed by atoms with Crippen LogP contribution in [0.25, 0.3) is 0 Å². The maximum atomic E-state index is 12.9. The van der Waals surface area contributed by atoms with E-state index in [0.717, 1.165) is 25.1 Å². The summed E-state index contributed by atoms with van der Waals surface area (Å²) < 4.78 is 12.9. The second kappa shape index (κ2) is 3.99. The highest BCUT2D eigenvalue weighted by Crippen LogP contribution is 2.35. The summed E-state index contributed by atoms with van der Waals surface area (Å²) in [5, 5.41) is 11.6. The molecule has 1 aromatic heterocycles. The highest BCUT2D eigenvalue weighted by atomic mass is 35.5. The summed E-state index contributed by atoms with van der Waals surface area (Å²) in [7, 11) is 0. The number of hydrogen-bond donors (Lipinski definition) is 2. The van der Waals surface area contributed by atoms with Crippen LogP contribution < -0.4 is 5.32 Å². The van der Waals surface area contributed by atoms with Crippen molar-refractivity contribution < 1.29 is 14.3 Å². The van der Waals surface area contributed by atoms with Crippen LogP contribution in [-0.2, 0) is 0 Å². The van der Waals surface area contributed by atoms with Gasteiger partial charge >= 0.3 is 0 Å². The number of hydrogen-bond acceptors (Lipinski definition) is 3. The Morgan fingerprint density at radius 2 is 2.38 bits per heavy atom. The van der Waals surface area contributed by atoms with Crippen LogP contribution in [0.4, 0.5) is 4.39 Å². The first-order valence-corrected chi connectivity index (χ1v) is 5.18. The maximum absolute atomic E-state index is 12.9. The fourth-order valence-corrected chi connectivity index (χ4v) is 1.55. The lowest BCUT2D eigenvalue weighted by atomic mass is 10.2. The van der Waals surface area contributed by atoms with Crippen LogP contribution in [-0.4, -0.2) is 28.1 Å². The Balaban J connectivity index is 2.17. The maximum Gasteiger partial charge on any atom is 0.255 e. The fourth-order valence-electron chi connectivity index (χ4n) is 1.36. The lowest BCUT2D eigenvalue weighted by molar-refractivity contribution is 0.0906. The van der Waals surface area contributed by atoms with Crippen molar-refractivity contribution >= 4 is 17.5 Å². The van der Waals surface area contributed by atoms with E-state index in [4.69, 9.17) is 16.7 Å². The molecule has 2 N–H and O–H groups in total. The molecule has 0 spiro atoms. The summed E-state index contributed by atoms with van der Waals surface area (Å²) in [4.78, 5) is 15.3. The predicted octanol–water partition coefficient (Wildman–Crippen LogP) is 1.13. The zero-order valence-corrected chi connectivity index (χ0v) is 9.09. The number of aliphatic hydroxyl groups is 1. The highest BCUT2D eigenvalue weighted by Gasteiger charge is 2.43. The lowest BCUT2D eigenvalue weighted by Crippen LogP contribution is -2.39. The van der Waals surface area contributed by atoms with Crippen molar-refractivity contribution in [2.24, 2.45) is 0 Å². The van der Waals surface area contributed by atoms with Crippen LogP contribution in [0.1, 0.15) is 23.2 Å². The van der Waals surface area contributed by atoms with Gasteiger partial charge in [0.1, 0.15) is 11.0 Å². The molecule has 6 heteroatoms.